The highest BCUT2D eigenvalue weighted by Crippen LogP contribution is 1.93. The molecule has 0 aliphatic carbocycles. The van der Waals surface area contributed by atoms with Crippen LogP contribution in [-0.4, -0.2) is 27.9 Å². The van der Waals surface area contributed by atoms with Crippen molar-refractivity contribution in [3.8, 4) is 0 Å². The van der Waals surface area contributed by atoms with Crippen molar-refractivity contribution >= 4 is 8.05 Å². The minimum atomic E-state index is 0.153. The summed E-state index contributed by atoms with van der Waals surface area (Å²) in [4.78, 5) is 0. The van der Waals surface area contributed by atoms with Crippen LogP contribution in [0.1, 0.15) is 13.3 Å². The first-order valence-electron chi connectivity index (χ1n) is 2.69. The van der Waals surface area contributed by atoms with Crippen LogP contribution < -0.4 is 0 Å². The molecule has 0 aliphatic heterocycles. The van der Waals surface area contributed by atoms with E-state index in [9.17, 15) is 0 Å². The molecule has 8 heavy (non-hydrogen) atoms. The van der Waals surface area contributed by atoms with E-state index in [1.165, 1.54) is 0 Å². The van der Waals surface area contributed by atoms with Gasteiger partial charge in [0.2, 0.25) is 0 Å². The Hall–Kier alpha value is -0.0151. The predicted molar refractivity (Wildman–Crippen MR) is 32.8 cm³/mol. The molecular weight excluding hydrogens is 103 g/mol. The van der Waals surface area contributed by atoms with Gasteiger partial charge in [0.05, 0.1) is 12.7 Å². The van der Waals surface area contributed by atoms with Gasteiger partial charge in [-0.3, -0.25) is 0 Å². The van der Waals surface area contributed by atoms with E-state index in [-0.39, 0.29) is 6.10 Å². The van der Waals surface area contributed by atoms with Gasteiger partial charge >= 0.3 is 0 Å². The maximum absolute atomic E-state index is 4.93. The monoisotopic (exact) mass is 114 g/mol. The molecule has 0 saturated carbocycles. The first-order valence-corrected chi connectivity index (χ1v) is 2.69. The zero-order chi connectivity index (χ0) is 6.41. The van der Waals surface area contributed by atoms with E-state index in [2.05, 4.69) is 4.65 Å². The minimum absolute atomic E-state index is 0.153. The fraction of sp³-hybridized carbons (Fsp3) is 1.00. The molecule has 46 valence electrons. The Kier molecular flexibility index (Phi) is 5.12. The summed E-state index contributed by atoms with van der Waals surface area (Å²) in [6.07, 6.45) is 1.09. The van der Waals surface area contributed by atoms with Crippen molar-refractivity contribution in [2.75, 3.05) is 13.7 Å². The van der Waals surface area contributed by atoms with Gasteiger partial charge in [0.15, 0.2) is 0 Å². The lowest BCUT2D eigenvalue weighted by molar-refractivity contribution is 0.0587. The summed E-state index contributed by atoms with van der Waals surface area (Å²) in [5, 5.41) is 0. The maximum atomic E-state index is 4.93. The van der Waals surface area contributed by atoms with E-state index in [0.29, 0.717) is 6.61 Å². The van der Waals surface area contributed by atoms with Gasteiger partial charge in [-0.25, -0.2) is 0 Å². The third-order valence-corrected chi connectivity index (χ3v) is 1.07. The fourth-order valence-electron chi connectivity index (χ4n) is 0.460. The van der Waals surface area contributed by atoms with Crippen molar-refractivity contribution in [3.05, 3.63) is 0 Å². The first-order chi connectivity index (χ1) is 3.85. The molecule has 1 unspecified atom stereocenters. The van der Waals surface area contributed by atoms with Crippen molar-refractivity contribution in [1.82, 2.24) is 0 Å². The molecule has 0 heterocycles. The Morgan fingerprint density at radius 1 is 1.62 bits per heavy atom. The first kappa shape index (κ1) is 7.98. The standard InChI is InChI=1S/C5H11BO2/c1-3-5(7-2)4-8-6/h5H,3-4H2,1-2H3. The molecule has 3 heteroatoms. The topological polar surface area (TPSA) is 18.5 Å². The van der Waals surface area contributed by atoms with Crippen molar-refractivity contribution in [2.24, 2.45) is 0 Å². The molecule has 0 aliphatic rings. The molecule has 0 bridgehead atoms. The van der Waals surface area contributed by atoms with Gasteiger partial charge < -0.3 is 9.39 Å². The molecule has 0 N–H and O–H groups in total. The third kappa shape index (κ3) is 3.05. The van der Waals surface area contributed by atoms with Gasteiger partial charge in [-0.05, 0) is 6.42 Å². The highest BCUT2D eigenvalue weighted by Gasteiger charge is 1.99. The molecule has 0 fully saturated rings. The molecule has 0 aromatic rings. The van der Waals surface area contributed by atoms with Gasteiger partial charge in [-0.15, -0.1) is 0 Å². The summed E-state index contributed by atoms with van der Waals surface area (Å²) in [7, 11) is 6.45. The maximum Gasteiger partial charge on any atom is 0.282 e. The Morgan fingerprint density at radius 3 is 2.38 bits per heavy atom. The second-order valence-corrected chi connectivity index (χ2v) is 1.60. The minimum Gasteiger partial charge on any atom is -0.445 e. The lowest BCUT2D eigenvalue weighted by Crippen LogP contribution is -2.15. The summed E-state index contributed by atoms with van der Waals surface area (Å²) in [5.74, 6) is 0. The van der Waals surface area contributed by atoms with E-state index in [1.54, 1.807) is 7.11 Å². The normalized spacial score (nSPS) is 13.8. The second-order valence-electron chi connectivity index (χ2n) is 1.60. The van der Waals surface area contributed by atoms with E-state index >= 15 is 0 Å². The molecular formula is C5H11BO2. The molecule has 0 amide bonds. The van der Waals surface area contributed by atoms with Crippen LogP contribution in [0, 0.1) is 0 Å². The average molecular weight is 114 g/mol. The Bertz CT molecular complexity index is 45.7. The third-order valence-electron chi connectivity index (χ3n) is 1.07. The smallest absolute Gasteiger partial charge is 0.282 e. The molecule has 0 saturated heterocycles. The highest BCUT2D eigenvalue weighted by atomic mass is 16.5. The second kappa shape index (κ2) is 5.13. The zero-order valence-corrected chi connectivity index (χ0v) is 5.39. The van der Waals surface area contributed by atoms with E-state index in [4.69, 9.17) is 12.8 Å². The number of ether oxygens (including phenoxy) is 1. The highest BCUT2D eigenvalue weighted by molar-refractivity contribution is 5.97. The van der Waals surface area contributed by atoms with Gasteiger partial charge in [0, 0.05) is 7.11 Å². The lowest BCUT2D eigenvalue weighted by Gasteiger charge is -2.10. The predicted octanol–water partition coefficient (Wildman–Crippen LogP) is 0.511. The van der Waals surface area contributed by atoms with Crippen molar-refractivity contribution in [1.29, 1.82) is 0 Å². The van der Waals surface area contributed by atoms with Crippen LogP contribution in [0.3, 0.4) is 0 Å². The van der Waals surface area contributed by atoms with Crippen molar-refractivity contribution in [3.63, 3.8) is 0 Å². The van der Waals surface area contributed by atoms with Crippen LogP contribution in [0.25, 0.3) is 0 Å². The van der Waals surface area contributed by atoms with Gasteiger partial charge in [0.1, 0.15) is 0 Å². The Balaban J connectivity index is 3.07. The average Bonchev–Trinajstić information content (AvgIpc) is 1.83. The summed E-state index contributed by atoms with van der Waals surface area (Å²) >= 11 is 0. The van der Waals surface area contributed by atoms with Crippen LogP contribution in [0.2, 0.25) is 0 Å². The molecule has 0 rings (SSSR count). The van der Waals surface area contributed by atoms with Crippen LogP contribution in [0.4, 0.5) is 0 Å². The Labute approximate surface area is 51.6 Å². The fourth-order valence-corrected chi connectivity index (χ4v) is 0.460. The van der Waals surface area contributed by atoms with E-state index < -0.39 is 0 Å². The van der Waals surface area contributed by atoms with Crippen molar-refractivity contribution in [2.45, 2.75) is 19.4 Å². The van der Waals surface area contributed by atoms with Crippen molar-refractivity contribution < 1.29 is 9.39 Å². The molecule has 1 atom stereocenters. The van der Waals surface area contributed by atoms with Crippen LogP contribution >= 0.6 is 0 Å². The SMILES string of the molecule is [B]OCC(CC)OC. The summed E-state index contributed by atoms with van der Waals surface area (Å²) < 4.78 is 9.30. The van der Waals surface area contributed by atoms with Gasteiger partial charge in [-0.2, -0.15) is 0 Å². The quantitative estimate of drug-likeness (QED) is 0.495. The zero-order valence-electron chi connectivity index (χ0n) is 5.39. The summed E-state index contributed by atoms with van der Waals surface area (Å²) in [5.41, 5.74) is 0. The Morgan fingerprint density at radius 2 is 2.25 bits per heavy atom. The van der Waals surface area contributed by atoms with E-state index in [1.807, 2.05) is 6.92 Å². The summed E-state index contributed by atoms with van der Waals surface area (Å²) in [6.45, 7) is 2.50. The van der Waals surface area contributed by atoms with Gasteiger partial charge in [0.25, 0.3) is 8.05 Å². The number of hydrogen-bond donors (Lipinski definition) is 0. The number of methoxy groups -OCH3 is 1. The molecule has 0 aromatic heterocycles. The van der Waals surface area contributed by atoms with Crippen LogP contribution in [-0.2, 0) is 9.39 Å². The summed E-state index contributed by atoms with van der Waals surface area (Å²) in [6, 6.07) is 0. The largest absolute Gasteiger partial charge is 0.445 e. The molecule has 2 nitrogen and oxygen atoms in total. The van der Waals surface area contributed by atoms with Gasteiger partial charge in [-0.1, -0.05) is 6.92 Å². The number of rotatable bonds is 4. The molecule has 2 radical (unpaired) electrons. The van der Waals surface area contributed by atoms with Crippen LogP contribution in [0.5, 0.6) is 0 Å². The van der Waals surface area contributed by atoms with Crippen LogP contribution in [0.15, 0.2) is 0 Å². The molecule has 0 spiro atoms. The molecule has 0 aromatic carbocycles. The number of hydrogen-bond acceptors (Lipinski definition) is 2. The van der Waals surface area contributed by atoms with E-state index in [0.717, 1.165) is 6.42 Å². The lowest BCUT2D eigenvalue weighted by atomic mass is 10.3.